The second-order valence-electron chi connectivity index (χ2n) is 5.92. The van der Waals surface area contributed by atoms with Crippen LogP contribution in [0.15, 0.2) is 36.4 Å². The van der Waals surface area contributed by atoms with Crippen LogP contribution in [0.5, 0.6) is 0 Å². The van der Waals surface area contributed by atoms with Gasteiger partial charge in [0.15, 0.2) is 0 Å². The number of carbonyl (C=O) groups is 2. The molecule has 1 saturated heterocycles. The van der Waals surface area contributed by atoms with Gasteiger partial charge in [0.05, 0.1) is 12.1 Å². The van der Waals surface area contributed by atoms with Crippen LogP contribution >= 0.6 is 0 Å². The predicted molar refractivity (Wildman–Crippen MR) is 89.5 cm³/mol. The van der Waals surface area contributed by atoms with E-state index in [0.29, 0.717) is 32.4 Å². The van der Waals surface area contributed by atoms with E-state index < -0.39 is 5.60 Å². The Labute approximate surface area is 137 Å². The summed E-state index contributed by atoms with van der Waals surface area (Å²) in [6.45, 7) is 3.02. The van der Waals surface area contributed by atoms with Gasteiger partial charge in [-0.25, -0.2) is 0 Å². The molecule has 1 aromatic carbocycles. The van der Waals surface area contributed by atoms with Crippen LogP contribution in [0.2, 0.25) is 0 Å². The molecule has 1 fully saturated rings. The average molecular weight is 316 g/mol. The molecule has 2 N–H and O–H groups in total. The fraction of sp³-hybridized carbons (Fsp3) is 0.444. The van der Waals surface area contributed by atoms with Crippen LogP contribution in [0, 0.1) is 0 Å². The molecular formula is C18H24N2O3. The maximum absolute atomic E-state index is 12.1. The molecule has 0 radical (unpaired) electrons. The Morgan fingerprint density at radius 2 is 1.91 bits per heavy atom. The summed E-state index contributed by atoms with van der Waals surface area (Å²) in [6.07, 6.45) is 5.03. The van der Waals surface area contributed by atoms with Crippen LogP contribution in [0.3, 0.4) is 0 Å². The molecule has 0 atom stereocenters. The second-order valence-corrected chi connectivity index (χ2v) is 5.92. The quantitative estimate of drug-likeness (QED) is 0.810. The summed E-state index contributed by atoms with van der Waals surface area (Å²) in [7, 11) is 0. The van der Waals surface area contributed by atoms with Crippen molar-refractivity contribution >= 4 is 17.9 Å². The first-order valence-electron chi connectivity index (χ1n) is 8.03. The van der Waals surface area contributed by atoms with Crippen molar-refractivity contribution < 1.29 is 14.7 Å². The van der Waals surface area contributed by atoms with Crippen LogP contribution in [-0.2, 0) is 9.59 Å². The van der Waals surface area contributed by atoms with Crippen molar-refractivity contribution in [2.45, 2.75) is 31.8 Å². The Morgan fingerprint density at radius 1 is 1.26 bits per heavy atom. The number of carbonyl (C=O) groups excluding carboxylic acids is 2. The summed E-state index contributed by atoms with van der Waals surface area (Å²) in [6, 6.07) is 9.51. The smallest absolute Gasteiger partial charge is 0.244 e. The zero-order valence-electron chi connectivity index (χ0n) is 13.5. The molecule has 0 aromatic heterocycles. The topological polar surface area (TPSA) is 69.6 Å². The van der Waals surface area contributed by atoms with Gasteiger partial charge in [0.2, 0.25) is 11.8 Å². The highest BCUT2D eigenvalue weighted by Gasteiger charge is 2.31. The molecule has 5 heteroatoms. The summed E-state index contributed by atoms with van der Waals surface area (Å²) in [4.78, 5) is 25.5. The number of nitrogens with zero attached hydrogens (tertiary/aromatic N) is 1. The number of likely N-dealkylation sites (tertiary alicyclic amines) is 1. The van der Waals surface area contributed by atoms with E-state index in [9.17, 15) is 14.7 Å². The van der Waals surface area contributed by atoms with E-state index >= 15 is 0 Å². The molecule has 0 saturated carbocycles. The van der Waals surface area contributed by atoms with Crippen LogP contribution in [0.25, 0.3) is 6.08 Å². The van der Waals surface area contributed by atoms with Crippen molar-refractivity contribution in [3.8, 4) is 0 Å². The van der Waals surface area contributed by atoms with Gasteiger partial charge in [0.1, 0.15) is 0 Å². The van der Waals surface area contributed by atoms with Gasteiger partial charge in [0, 0.05) is 19.2 Å². The largest absolute Gasteiger partial charge is 0.390 e. The SMILES string of the molecule is CCC1(O)CCN(C(=O)CNC(=O)/C=C\c2ccccc2)CC1. The lowest BCUT2D eigenvalue weighted by Crippen LogP contribution is -2.49. The number of rotatable bonds is 5. The fourth-order valence-corrected chi connectivity index (χ4v) is 2.60. The molecule has 1 heterocycles. The lowest BCUT2D eigenvalue weighted by atomic mass is 9.89. The predicted octanol–water partition coefficient (Wildman–Crippen LogP) is 1.58. The van der Waals surface area contributed by atoms with Crippen LogP contribution in [0.4, 0.5) is 0 Å². The molecule has 0 spiro atoms. The molecule has 0 bridgehead atoms. The van der Waals surface area contributed by atoms with Gasteiger partial charge in [-0.05, 0) is 30.9 Å². The first-order chi connectivity index (χ1) is 11.0. The first-order valence-corrected chi connectivity index (χ1v) is 8.03. The molecule has 23 heavy (non-hydrogen) atoms. The molecular weight excluding hydrogens is 292 g/mol. The number of amides is 2. The van der Waals surface area contributed by atoms with Gasteiger partial charge in [-0.1, -0.05) is 37.3 Å². The molecule has 5 nitrogen and oxygen atoms in total. The Balaban J connectivity index is 1.74. The van der Waals surface area contributed by atoms with E-state index in [4.69, 9.17) is 0 Å². The Hall–Kier alpha value is -2.14. The average Bonchev–Trinajstić information content (AvgIpc) is 2.59. The van der Waals surface area contributed by atoms with Crippen molar-refractivity contribution in [1.29, 1.82) is 0 Å². The second kappa shape index (κ2) is 7.92. The van der Waals surface area contributed by atoms with Gasteiger partial charge in [0.25, 0.3) is 0 Å². The molecule has 2 rings (SSSR count). The zero-order chi connectivity index (χ0) is 16.7. The number of nitrogens with one attached hydrogen (secondary N) is 1. The normalized spacial score (nSPS) is 17.2. The van der Waals surface area contributed by atoms with Crippen LogP contribution in [0.1, 0.15) is 31.7 Å². The van der Waals surface area contributed by atoms with Gasteiger partial charge in [-0.15, -0.1) is 0 Å². The van der Waals surface area contributed by atoms with Crippen LogP contribution in [-0.4, -0.2) is 47.1 Å². The highest BCUT2D eigenvalue weighted by atomic mass is 16.3. The summed E-state index contributed by atoms with van der Waals surface area (Å²) in [5.74, 6) is -0.395. The van der Waals surface area contributed by atoms with E-state index in [2.05, 4.69) is 5.32 Å². The minimum Gasteiger partial charge on any atom is -0.390 e. The zero-order valence-corrected chi connectivity index (χ0v) is 13.5. The molecule has 124 valence electrons. The van der Waals surface area contributed by atoms with Gasteiger partial charge in [-0.3, -0.25) is 9.59 Å². The molecule has 2 amide bonds. The van der Waals surface area contributed by atoms with Crippen molar-refractivity contribution in [3.05, 3.63) is 42.0 Å². The number of aliphatic hydroxyl groups is 1. The summed E-state index contributed by atoms with van der Waals surface area (Å²) < 4.78 is 0. The number of hydrogen-bond acceptors (Lipinski definition) is 3. The van der Waals surface area contributed by atoms with Crippen molar-refractivity contribution in [2.75, 3.05) is 19.6 Å². The maximum Gasteiger partial charge on any atom is 0.244 e. The third-order valence-electron chi connectivity index (χ3n) is 4.35. The third kappa shape index (κ3) is 5.21. The molecule has 0 unspecified atom stereocenters. The molecule has 1 aliphatic rings. The Bertz CT molecular complexity index is 561. The molecule has 0 aliphatic carbocycles. The van der Waals surface area contributed by atoms with E-state index in [1.165, 1.54) is 6.08 Å². The summed E-state index contributed by atoms with van der Waals surface area (Å²) >= 11 is 0. The number of piperidine rings is 1. The number of hydrogen-bond donors (Lipinski definition) is 2. The fourth-order valence-electron chi connectivity index (χ4n) is 2.60. The lowest BCUT2D eigenvalue weighted by Gasteiger charge is -2.37. The highest BCUT2D eigenvalue weighted by Crippen LogP contribution is 2.24. The van der Waals surface area contributed by atoms with Crippen molar-refractivity contribution in [1.82, 2.24) is 10.2 Å². The maximum atomic E-state index is 12.1. The summed E-state index contributed by atoms with van der Waals surface area (Å²) in [5.41, 5.74) is 0.294. The standard InChI is InChI=1S/C18H24N2O3/c1-2-18(23)10-12-20(13-11-18)17(22)14-19-16(21)9-8-15-6-4-3-5-7-15/h3-9,23H,2,10-14H2,1H3,(H,19,21)/b9-8-. The minimum atomic E-state index is -0.640. The number of benzene rings is 1. The summed E-state index contributed by atoms with van der Waals surface area (Å²) in [5, 5.41) is 12.8. The van der Waals surface area contributed by atoms with Gasteiger partial charge >= 0.3 is 0 Å². The monoisotopic (exact) mass is 316 g/mol. The first kappa shape index (κ1) is 17.2. The van der Waals surface area contributed by atoms with Gasteiger partial charge in [-0.2, -0.15) is 0 Å². The highest BCUT2D eigenvalue weighted by molar-refractivity contribution is 5.94. The van der Waals surface area contributed by atoms with E-state index in [0.717, 1.165) is 5.56 Å². The lowest BCUT2D eigenvalue weighted by molar-refractivity contribution is -0.136. The van der Waals surface area contributed by atoms with E-state index in [1.807, 2.05) is 37.3 Å². The van der Waals surface area contributed by atoms with Crippen LogP contribution < -0.4 is 5.32 Å². The molecule has 1 aromatic rings. The minimum absolute atomic E-state index is 0.0114. The van der Waals surface area contributed by atoms with E-state index in [1.54, 1.807) is 11.0 Å². The van der Waals surface area contributed by atoms with Gasteiger partial charge < -0.3 is 15.3 Å². The van der Waals surface area contributed by atoms with E-state index in [-0.39, 0.29) is 18.4 Å². The third-order valence-corrected chi connectivity index (χ3v) is 4.35. The Morgan fingerprint density at radius 3 is 2.52 bits per heavy atom. The van der Waals surface area contributed by atoms with Crippen molar-refractivity contribution in [3.63, 3.8) is 0 Å². The molecule has 1 aliphatic heterocycles. The van der Waals surface area contributed by atoms with Crippen molar-refractivity contribution in [2.24, 2.45) is 0 Å². The Kier molecular flexibility index (Phi) is 5.93.